The van der Waals surface area contributed by atoms with Crippen LogP contribution in [0, 0.1) is 17.0 Å². The summed E-state index contributed by atoms with van der Waals surface area (Å²) in [5.41, 5.74) is 0.258. The highest BCUT2D eigenvalue weighted by atomic mass is 16.6. The van der Waals surface area contributed by atoms with Crippen molar-refractivity contribution in [1.29, 1.82) is 0 Å². The lowest BCUT2D eigenvalue weighted by Gasteiger charge is -2.06. The number of carboxylic acids is 1. The predicted molar refractivity (Wildman–Crippen MR) is 66.9 cm³/mol. The number of nitro benzene ring substituents is 1. The first-order valence-corrected chi connectivity index (χ1v) is 5.46. The zero-order valence-corrected chi connectivity index (χ0v) is 10.3. The van der Waals surface area contributed by atoms with Crippen molar-refractivity contribution in [3.63, 3.8) is 0 Å². The molecule has 2 rings (SSSR count). The van der Waals surface area contributed by atoms with Crippen LogP contribution in [0.15, 0.2) is 30.5 Å². The normalized spacial score (nSPS) is 10.1. The minimum absolute atomic E-state index is 0.0601. The standard InChI is InChI=1S/C12H9N3O5/c1-7-6-8(15(18)19)2-3-10(7)20-12-13-5-4-9(14-12)11(16)17/h2-6H,1H3,(H,16,17). The minimum Gasteiger partial charge on any atom is -0.477 e. The number of hydrogen-bond donors (Lipinski definition) is 1. The summed E-state index contributed by atoms with van der Waals surface area (Å²) in [6.45, 7) is 1.63. The first-order chi connectivity index (χ1) is 9.47. The van der Waals surface area contributed by atoms with Crippen LogP contribution in [0.1, 0.15) is 16.1 Å². The molecule has 1 heterocycles. The summed E-state index contributed by atoms with van der Waals surface area (Å²) in [6.07, 6.45) is 1.26. The van der Waals surface area contributed by atoms with E-state index in [1.54, 1.807) is 6.92 Å². The fourth-order valence-corrected chi connectivity index (χ4v) is 1.47. The van der Waals surface area contributed by atoms with E-state index < -0.39 is 10.9 Å². The molecular formula is C12H9N3O5. The number of nitro groups is 1. The van der Waals surface area contributed by atoms with Gasteiger partial charge in [-0.25, -0.2) is 9.78 Å². The number of non-ortho nitro benzene ring substituents is 1. The van der Waals surface area contributed by atoms with Crippen LogP contribution in [0.2, 0.25) is 0 Å². The van der Waals surface area contributed by atoms with Gasteiger partial charge in [0, 0.05) is 18.3 Å². The van der Waals surface area contributed by atoms with Gasteiger partial charge in [0.05, 0.1) is 4.92 Å². The van der Waals surface area contributed by atoms with Crippen LogP contribution in [0.5, 0.6) is 11.8 Å². The van der Waals surface area contributed by atoms with Gasteiger partial charge in [-0.2, -0.15) is 4.98 Å². The molecule has 0 aliphatic heterocycles. The number of aromatic nitrogens is 2. The van der Waals surface area contributed by atoms with E-state index in [2.05, 4.69) is 9.97 Å². The van der Waals surface area contributed by atoms with Gasteiger partial charge in [0.2, 0.25) is 0 Å². The molecule has 0 atom stereocenters. The molecule has 20 heavy (non-hydrogen) atoms. The Bertz CT molecular complexity index is 687. The molecule has 0 aliphatic rings. The first-order valence-electron chi connectivity index (χ1n) is 5.46. The van der Waals surface area contributed by atoms with Crippen molar-refractivity contribution in [3.8, 4) is 11.8 Å². The third-order valence-corrected chi connectivity index (χ3v) is 2.42. The number of ether oxygens (including phenoxy) is 1. The van der Waals surface area contributed by atoms with Crippen LogP contribution in [-0.2, 0) is 0 Å². The van der Waals surface area contributed by atoms with Gasteiger partial charge in [0.1, 0.15) is 5.75 Å². The minimum atomic E-state index is -1.20. The van der Waals surface area contributed by atoms with Gasteiger partial charge in [-0.05, 0) is 24.6 Å². The summed E-state index contributed by atoms with van der Waals surface area (Å²) in [5, 5.41) is 19.4. The van der Waals surface area contributed by atoms with Crippen molar-refractivity contribution in [2.24, 2.45) is 0 Å². The Morgan fingerprint density at radius 2 is 2.15 bits per heavy atom. The van der Waals surface area contributed by atoms with E-state index in [4.69, 9.17) is 9.84 Å². The number of benzene rings is 1. The summed E-state index contributed by atoms with van der Waals surface area (Å²) in [7, 11) is 0. The van der Waals surface area contributed by atoms with Gasteiger partial charge in [0.15, 0.2) is 5.69 Å². The van der Waals surface area contributed by atoms with E-state index in [0.29, 0.717) is 11.3 Å². The van der Waals surface area contributed by atoms with Gasteiger partial charge in [0.25, 0.3) is 5.69 Å². The van der Waals surface area contributed by atoms with Gasteiger partial charge >= 0.3 is 12.0 Å². The molecular weight excluding hydrogens is 266 g/mol. The quantitative estimate of drug-likeness (QED) is 0.671. The van der Waals surface area contributed by atoms with Crippen LogP contribution in [0.3, 0.4) is 0 Å². The Labute approximate surface area is 112 Å². The topological polar surface area (TPSA) is 115 Å². The van der Waals surface area contributed by atoms with Crippen LogP contribution in [0.25, 0.3) is 0 Å². The highest BCUT2D eigenvalue weighted by molar-refractivity contribution is 5.85. The molecule has 0 fully saturated rings. The monoisotopic (exact) mass is 275 g/mol. The molecule has 1 aromatic carbocycles. The van der Waals surface area contributed by atoms with E-state index in [-0.39, 0.29) is 17.4 Å². The third kappa shape index (κ3) is 2.86. The molecule has 0 amide bonds. The Morgan fingerprint density at radius 3 is 2.75 bits per heavy atom. The van der Waals surface area contributed by atoms with Crippen molar-refractivity contribution >= 4 is 11.7 Å². The molecule has 2 aromatic rings. The Kier molecular flexibility index (Phi) is 3.56. The molecule has 8 heteroatoms. The Hall–Kier alpha value is -3.03. The van der Waals surface area contributed by atoms with Crippen molar-refractivity contribution in [1.82, 2.24) is 9.97 Å². The predicted octanol–water partition coefficient (Wildman–Crippen LogP) is 2.18. The fraction of sp³-hybridized carbons (Fsp3) is 0.0833. The zero-order valence-electron chi connectivity index (χ0n) is 10.3. The summed E-state index contributed by atoms with van der Waals surface area (Å²) >= 11 is 0. The van der Waals surface area contributed by atoms with Crippen molar-refractivity contribution < 1.29 is 19.6 Å². The van der Waals surface area contributed by atoms with Gasteiger partial charge in [-0.1, -0.05) is 0 Å². The Morgan fingerprint density at radius 1 is 1.40 bits per heavy atom. The number of rotatable bonds is 4. The van der Waals surface area contributed by atoms with E-state index >= 15 is 0 Å². The average Bonchev–Trinajstić information content (AvgIpc) is 2.41. The van der Waals surface area contributed by atoms with Gasteiger partial charge < -0.3 is 9.84 Å². The van der Waals surface area contributed by atoms with Crippen LogP contribution < -0.4 is 4.74 Å². The lowest BCUT2D eigenvalue weighted by Crippen LogP contribution is -2.02. The Balaban J connectivity index is 2.28. The van der Waals surface area contributed by atoms with E-state index in [0.717, 1.165) is 0 Å². The number of aromatic carboxylic acids is 1. The SMILES string of the molecule is Cc1cc([N+](=O)[O-])ccc1Oc1nccc(C(=O)O)n1. The van der Waals surface area contributed by atoms with Crippen molar-refractivity contribution in [3.05, 3.63) is 51.8 Å². The summed E-state index contributed by atoms with van der Waals surface area (Å²) < 4.78 is 5.33. The van der Waals surface area contributed by atoms with Crippen molar-refractivity contribution in [2.45, 2.75) is 6.92 Å². The lowest BCUT2D eigenvalue weighted by atomic mass is 10.2. The second kappa shape index (κ2) is 5.31. The molecule has 0 radical (unpaired) electrons. The maximum absolute atomic E-state index is 10.8. The highest BCUT2D eigenvalue weighted by Crippen LogP contribution is 2.26. The fourth-order valence-electron chi connectivity index (χ4n) is 1.47. The summed E-state index contributed by atoms with van der Waals surface area (Å²) in [4.78, 5) is 28.4. The number of aryl methyl sites for hydroxylation is 1. The maximum Gasteiger partial charge on any atom is 0.354 e. The molecule has 102 valence electrons. The van der Waals surface area contributed by atoms with Gasteiger partial charge in [-0.15, -0.1) is 0 Å². The van der Waals surface area contributed by atoms with Crippen LogP contribution in [0.4, 0.5) is 5.69 Å². The molecule has 0 bridgehead atoms. The van der Waals surface area contributed by atoms with Crippen molar-refractivity contribution in [2.75, 3.05) is 0 Å². The van der Waals surface area contributed by atoms with Gasteiger partial charge in [-0.3, -0.25) is 10.1 Å². The molecule has 0 unspecified atom stereocenters. The molecule has 0 saturated heterocycles. The number of carboxylic acid groups (broad SMARTS) is 1. The number of nitrogens with zero attached hydrogens (tertiary/aromatic N) is 3. The second-order valence-corrected chi connectivity index (χ2v) is 3.84. The average molecular weight is 275 g/mol. The summed E-state index contributed by atoms with van der Waals surface area (Å²) in [6, 6.07) is 5.13. The number of carbonyl (C=O) groups is 1. The number of hydrogen-bond acceptors (Lipinski definition) is 6. The van der Waals surface area contributed by atoms with E-state index in [9.17, 15) is 14.9 Å². The van der Waals surface area contributed by atoms with E-state index in [1.165, 1.54) is 30.5 Å². The highest BCUT2D eigenvalue weighted by Gasteiger charge is 2.12. The molecule has 1 aromatic heterocycles. The zero-order chi connectivity index (χ0) is 14.7. The smallest absolute Gasteiger partial charge is 0.354 e. The third-order valence-electron chi connectivity index (χ3n) is 2.42. The van der Waals surface area contributed by atoms with Crippen LogP contribution in [-0.4, -0.2) is 26.0 Å². The lowest BCUT2D eigenvalue weighted by molar-refractivity contribution is -0.384. The largest absolute Gasteiger partial charge is 0.477 e. The van der Waals surface area contributed by atoms with Crippen LogP contribution >= 0.6 is 0 Å². The maximum atomic E-state index is 10.8. The summed E-state index contributed by atoms with van der Waals surface area (Å²) in [5.74, 6) is -0.879. The molecule has 8 nitrogen and oxygen atoms in total. The molecule has 0 aliphatic carbocycles. The first kappa shape index (κ1) is 13.4. The molecule has 0 saturated carbocycles. The second-order valence-electron chi connectivity index (χ2n) is 3.84. The molecule has 1 N–H and O–H groups in total. The van der Waals surface area contributed by atoms with E-state index in [1.807, 2.05) is 0 Å². The molecule has 0 spiro atoms.